The maximum absolute atomic E-state index is 11.5. The summed E-state index contributed by atoms with van der Waals surface area (Å²) >= 11 is 0. The Kier molecular flexibility index (Phi) is 7.29. The Morgan fingerprint density at radius 2 is 2.00 bits per heavy atom. The summed E-state index contributed by atoms with van der Waals surface area (Å²) in [5.74, 6) is 2.16. The first-order valence-corrected chi connectivity index (χ1v) is 11.0. The van der Waals surface area contributed by atoms with Crippen LogP contribution in [0.4, 0.5) is 16.3 Å². The maximum Gasteiger partial charge on any atom is 0.315 e. The lowest BCUT2D eigenvalue weighted by Gasteiger charge is -2.12. The first-order valence-electron chi connectivity index (χ1n) is 11.0. The third kappa shape index (κ3) is 5.86. The molecule has 4 rings (SSSR count). The Hall–Kier alpha value is -4.46. The zero-order valence-electron chi connectivity index (χ0n) is 19.1. The summed E-state index contributed by atoms with van der Waals surface area (Å²) in [6.45, 7) is 4.90. The summed E-state index contributed by atoms with van der Waals surface area (Å²) in [6, 6.07) is 15.4. The number of rotatable bonds is 8. The lowest BCUT2D eigenvalue weighted by atomic mass is 10.1. The molecule has 0 spiro atoms. The Morgan fingerprint density at radius 1 is 1.09 bits per heavy atom. The molecule has 2 aromatic carbocycles. The smallest absolute Gasteiger partial charge is 0.315 e. The van der Waals surface area contributed by atoms with Crippen molar-refractivity contribution in [3.63, 3.8) is 0 Å². The van der Waals surface area contributed by atoms with Gasteiger partial charge in [-0.05, 0) is 67.4 Å². The molecule has 3 N–H and O–H groups in total. The molecule has 0 aliphatic heterocycles. The van der Waals surface area contributed by atoms with Crippen molar-refractivity contribution in [1.82, 2.24) is 25.6 Å². The highest BCUT2D eigenvalue weighted by Crippen LogP contribution is 2.29. The summed E-state index contributed by atoms with van der Waals surface area (Å²) in [5.41, 5.74) is 3.70. The van der Waals surface area contributed by atoms with Gasteiger partial charge in [0.1, 0.15) is 23.6 Å². The predicted octanol–water partition coefficient (Wildman–Crippen LogP) is 5.20. The van der Waals surface area contributed by atoms with Crippen LogP contribution in [0.5, 0.6) is 11.5 Å². The topological polar surface area (TPSA) is 101 Å². The van der Waals surface area contributed by atoms with Crippen molar-refractivity contribution in [2.24, 2.45) is 0 Å². The Labute approximate surface area is 198 Å². The third-order valence-electron chi connectivity index (χ3n) is 4.99. The van der Waals surface area contributed by atoms with Gasteiger partial charge in [-0.2, -0.15) is 0 Å². The first-order chi connectivity index (χ1) is 16.6. The number of urea groups is 1. The monoisotopic (exact) mass is 454 g/mol. The number of hydrogen-bond acceptors (Lipinski definition) is 6. The van der Waals surface area contributed by atoms with Crippen molar-refractivity contribution in [2.45, 2.75) is 13.8 Å². The lowest BCUT2D eigenvalue weighted by Crippen LogP contribution is -2.35. The molecule has 2 heterocycles. The van der Waals surface area contributed by atoms with Crippen LogP contribution in [0, 0.1) is 6.92 Å². The van der Waals surface area contributed by atoms with Crippen molar-refractivity contribution in [1.29, 1.82) is 0 Å². The van der Waals surface area contributed by atoms with Crippen LogP contribution in [-0.4, -0.2) is 34.1 Å². The number of amides is 2. The van der Waals surface area contributed by atoms with Gasteiger partial charge in [0, 0.05) is 30.4 Å². The van der Waals surface area contributed by atoms with Gasteiger partial charge in [-0.15, -0.1) is 0 Å². The van der Waals surface area contributed by atoms with E-state index in [1.807, 2.05) is 74.5 Å². The molecular formula is C26H26N6O2. The number of anilines is 2. The van der Waals surface area contributed by atoms with E-state index in [1.165, 1.54) is 0 Å². The van der Waals surface area contributed by atoms with E-state index in [1.54, 1.807) is 18.7 Å². The van der Waals surface area contributed by atoms with Crippen LogP contribution >= 0.6 is 0 Å². The summed E-state index contributed by atoms with van der Waals surface area (Å²) < 4.78 is 5.92. The van der Waals surface area contributed by atoms with Crippen molar-refractivity contribution < 1.29 is 9.53 Å². The number of ether oxygens (including phenoxy) is 1. The van der Waals surface area contributed by atoms with Crippen molar-refractivity contribution >= 4 is 34.5 Å². The molecule has 2 aromatic heterocycles. The largest absolute Gasteiger partial charge is 0.455 e. The predicted molar refractivity (Wildman–Crippen MR) is 134 cm³/mol. The van der Waals surface area contributed by atoms with Crippen LogP contribution < -0.4 is 20.7 Å². The molecule has 8 nitrogen and oxygen atoms in total. The summed E-state index contributed by atoms with van der Waals surface area (Å²) in [5, 5.41) is 9.76. The fraction of sp³-hybridized carbons (Fsp3) is 0.154. The summed E-state index contributed by atoms with van der Waals surface area (Å²) in [4.78, 5) is 24.4. The molecule has 0 saturated carbocycles. The second-order valence-corrected chi connectivity index (χ2v) is 7.54. The highest BCUT2D eigenvalue weighted by Gasteiger charge is 2.08. The van der Waals surface area contributed by atoms with Gasteiger partial charge >= 0.3 is 6.03 Å². The number of fused-ring (bicyclic) bond motifs is 1. The Balaban J connectivity index is 1.50. The van der Waals surface area contributed by atoms with Crippen molar-refractivity contribution in [3.8, 4) is 11.5 Å². The molecule has 172 valence electrons. The van der Waals surface area contributed by atoms with Gasteiger partial charge < -0.3 is 20.7 Å². The number of pyridine rings is 1. The normalized spacial score (nSPS) is 10.9. The molecule has 0 unspecified atom stereocenters. The minimum absolute atomic E-state index is 0.183. The van der Waals surface area contributed by atoms with Gasteiger partial charge in [0.25, 0.3) is 0 Å². The molecule has 34 heavy (non-hydrogen) atoms. The molecule has 0 fully saturated rings. The fourth-order valence-corrected chi connectivity index (χ4v) is 3.36. The standard InChI is InChI=1S/C26H26N6O2/c1-3-28-26(33)29-13-4-6-19-8-10-23-22(15-19)25(31-17-30-23)32-20-9-11-24(18(2)14-20)34-21-7-5-12-27-16-21/h4-12,14-17H,3,13H2,1-2H3,(H2,28,29,33)(H,30,31,32)/b6-4+. The highest BCUT2D eigenvalue weighted by atomic mass is 16.5. The minimum atomic E-state index is -0.183. The summed E-state index contributed by atoms with van der Waals surface area (Å²) in [7, 11) is 0. The number of carbonyl (C=O) groups is 1. The van der Waals surface area contributed by atoms with E-state index in [0.29, 0.717) is 24.7 Å². The van der Waals surface area contributed by atoms with Crippen molar-refractivity contribution in [3.05, 3.63) is 84.5 Å². The zero-order valence-corrected chi connectivity index (χ0v) is 19.1. The molecule has 8 heteroatoms. The molecule has 0 bridgehead atoms. The van der Waals surface area contributed by atoms with E-state index in [2.05, 4.69) is 30.9 Å². The molecule has 0 aliphatic rings. The average molecular weight is 455 g/mol. The SMILES string of the molecule is CCNC(=O)NC/C=C/c1ccc2ncnc(Nc3ccc(Oc4cccnc4)c(C)c3)c2c1. The summed E-state index contributed by atoms with van der Waals surface area (Å²) in [6.07, 6.45) is 8.79. The van der Waals surface area contributed by atoms with Crippen LogP contribution in [0.3, 0.4) is 0 Å². The Morgan fingerprint density at radius 3 is 2.79 bits per heavy atom. The average Bonchev–Trinajstić information content (AvgIpc) is 2.85. The highest BCUT2D eigenvalue weighted by molar-refractivity contribution is 5.92. The number of aromatic nitrogens is 3. The van der Waals surface area contributed by atoms with Gasteiger partial charge in [0.15, 0.2) is 0 Å². The number of nitrogens with zero attached hydrogens (tertiary/aromatic N) is 3. The van der Waals surface area contributed by atoms with E-state index in [0.717, 1.165) is 33.5 Å². The maximum atomic E-state index is 11.5. The molecule has 0 atom stereocenters. The quantitative estimate of drug-likeness (QED) is 0.338. The second kappa shape index (κ2) is 10.9. The Bertz CT molecular complexity index is 1310. The third-order valence-corrected chi connectivity index (χ3v) is 4.99. The van der Waals surface area contributed by atoms with Crippen LogP contribution in [0.25, 0.3) is 17.0 Å². The fourth-order valence-electron chi connectivity index (χ4n) is 3.36. The molecule has 0 radical (unpaired) electrons. The van der Waals surface area contributed by atoms with E-state index in [-0.39, 0.29) is 6.03 Å². The van der Waals surface area contributed by atoms with Gasteiger partial charge in [-0.3, -0.25) is 4.98 Å². The van der Waals surface area contributed by atoms with E-state index in [4.69, 9.17) is 4.74 Å². The number of hydrogen-bond donors (Lipinski definition) is 3. The minimum Gasteiger partial charge on any atom is -0.455 e. The molecule has 0 saturated heterocycles. The second-order valence-electron chi connectivity index (χ2n) is 7.54. The number of carbonyl (C=O) groups excluding carboxylic acids is 1. The van der Waals surface area contributed by atoms with E-state index in [9.17, 15) is 4.79 Å². The van der Waals surface area contributed by atoms with Crippen LogP contribution in [0.2, 0.25) is 0 Å². The molecular weight excluding hydrogens is 428 g/mol. The van der Waals surface area contributed by atoms with E-state index < -0.39 is 0 Å². The van der Waals surface area contributed by atoms with Gasteiger partial charge in [-0.1, -0.05) is 18.2 Å². The number of benzene rings is 2. The van der Waals surface area contributed by atoms with Crippen molar-refractivity contribution in [2.75, 3.05) is 18.4 Å². The number of aryl methyl sites for hydroxylation is 1. The first kappa shape index (κ1) is 22.7. The van der Waals surface area contributed by atoms with Crippen LogP contribution in [0.1, 0.15) is 18.1 Å². The molecule has 2 amide bonds. The zero-order chi connectivity index (χ0) is 23.8. The van der Waals surface area contributed by atoms with Gasteiger partial charge in [0.05, 0.1) is 11.7 Å². The van der Waals surface area contributed by atoms with Crippen LogP contribution in [-0.2, 0) is 0 Å². The van der Waals surface area contributed by atoms with Crippen LogP contribution in [0.15, 0.2) is 73.3 Å². The lowest BCUT2D eigenvalue weighted by molar-refractivity contribution is 0.242. The molecule has 0 aliphatic carbocycles. The van der Waals surface area contributed by atoms with Gasteiger partial charge in [0.2, 0.25) is 0 Å². The van der Waals surface area contributed by atoms with E-state index >= 15 is 0 Å². The molecule has 4 aromatic rings. The van der Waals surface area contributed by atoms with Gasteiger partial charge in [-0.25, -0.2) is 14.8 Å². The number of nitrogens with one attached hydrogen (secondary N) is 3.